The number of rotatable bonds is 4. The Labute approximate surface area is 164 Å². The molecule has 0 radical (unpaired) electrons. The van der Waals surface area contributed by atoms with Crippen molar-refractivity contribution in [3.8, 4) is 5.75 Å². The number of thiazole rings is 1. The van der Waals surface area contributed by atoms with Crippen molar-refractivity contribution >= 4 is 49.8 Å². The van der Waals surface area contributed by atoms with Crippen LogP contribution >= 0.6 is 22.9 Å². The van der Waals surface area contributed by atoms with Crippen LogP contribution in [0.25, 0.3) is 16.0 Å². The Morgan fingerprint density at radius 1 is 1.37 bits per heavy atom. The molecule has 3 aromatic rings. The molecule has 8 heteroatoms. The number of benzene rings is 1. The third-order valence-electron chi connectivity index (χ3n) is 4.32. The van der Waals surface area contributed by atoms with Crippen LogP contribution in [0, 0.1) is 0 Å². The summed E-state index contributed by atoms with van der Waals surface area (Å²) in [4.78, 5) is 21.8. The topological polar surface area (TPSA) is 69.0 Å². The van der Waals surface area contributed by atoms with Crippen LogP contribution in [-0.2, 0) is 0 Å². The molecule has 0 amide bonds. The van der Waals surface area contributed by atoms with Crippen molar-refractivity contribution < 1.29 is 4.74 Å². The monoisotopic (exact) mass is 400 g/mol. The van der Waals surface area contributed by atoms with Gasteiger partial charge in [-0.2, -0.15) is 4.98 Å². The lowest BCUT2D eigenvalue weighted by atomic mass is 10.0. The molecule has 1 N–H and O–H groups in total. The van der Waals surface area contributed by atoms with Crippen molar-refractivity contribution in [1.82, 2.24) is 14.5 Å². The summed E-state index contributed by atoms with van der Waals surface area (Å²) in [5.41, 5.74) is 2.78. The quantitative estimate of drug-likeness (QED) is 0.684. The summed E-state index contributed by atoms with van der Waals surface area (Å²) in [7, 11) is 1.62. The molecule has 0 atom stereocenters. The highest BCUT2D eigenvalue weighted by Gasteiger charge is 2.18. The van der Waals surface area contributed by atoms with Crippen LogP contribution in [0.5, 0.6) is 5.75 Å². The maximum atomic E-state index is 13.0. The van der Waals surface area contributed by atoms with Crippen LogP contribution in [0.15, 0.2) is 52.1 Å². The van der Waals surface area contributed by atoms with Crippen molar-refractivity contribution in [3.63, 3.8) is 0 Å². The zero-order valence-electron chi connectivity index (χ0n) is 14.8. The summed E-state index contributed by atoms with van der Waals surface area (Å²) < 4.78 is 7.23. The number of methoxy groups -OCH3 is 1. The fourth-order valence-electron chi connectivity index (χ4n) is 3.02. The van der Waals surface area contributed by atoms with Crippen LogP contribution in [0.2, 0.25) is 0 Å². The SMILES string of the molecule is COc1cccc(Nc2nc3ncn(C4=C(Cl)CCC=C4C)c(=O)c3s2)c1. The van der Waals surface area contributed by atoms with Gasteiger partial charge in [0.15, 0.2) is 10.8 Å². The third-order valence-corrected chi connectivity index (χ3v) is 5.64. The highest BCUT2D eigenvalue weighted by atomic mass is 35.5. The highest BCUT2D eigenvalue weighted by molar-refractivity contribution is 7.22. The summed E-state index contributed by atoms with van der Waals surface area (Å²) >= 11 is 7.66. The first-order valence-corrected chi connectivity index (χ1v) is 9.61. The van der Waals surface area contributed by atoms with Gasteiger partial charge in [0.1, 0.15) is 16.8 Å². The number of nitrogens with zero attached hydrogens (tertiary/aromatic N) is 3. The molecule has 0 bridgehead atoms. The fraction of sp³-hybridized carbons (Fsp3) is 0.211. The predicted octanol–water partition coefficient (Wildman–Crippen LogP) is 4.75. The van der Waals surface area contributed by atoms with E-state index in [1.165, 1.54) is 22.2 Å². The molecule has 1 aliphatic rings. The molecule has 27 heavy (non-hydrogen) atoms. The Morgan fingerprint density at radius 3 is 3.00 bits per heavy atom. The molecular weight excluding hydrogens is 384 g/mol. The van der Waals surface area contributed by atoms with E-state index in [0.29, 0.717) is 20.5 Å². The van der Waals surface area contributed by atoms with Gasteiger partial charge in [-0.3, -0.25) is 9.36 Å². The second kappa shape index (κ2) is 7.17. The van der Waals surface area contributed by atoms with Crippen molar-refractivity contribution in [3.05, 3.63) is 57.6 Å². The molecular formula is C19H17ClN4O2S. The van der Waals surface area contributed by atoms with Crippen molar-refractivity contribution in [1.29, 1.82) is 0 Å². The van der Waals surface area contributed by atoms with Gasteiger partial charge in [-0.1, -0.05) is 35.1 Å². The molecule has 2 aromatic heterocycles. The van der Waals surface area contributed by atoms with E-state index in [9.17, 15) is 4.79 Å². The van der Waals surface area contributed by atoms with Gasteiger partial charge in [-0.25, -0.2) is 4.98 Å². The molecule has 0 saturated heterocycles. The summed E-state index contributed by atoms with van der Waals surface area (Å²) in [5, 5.41) is 4.47. The second-order valence-corrected chi connectivity index (χ2v) is 7.58. The lowest BCUT2D eigenvalue weighted by molar-refractivity contribution is 0.415. The minimum absolute atomic E-state index is 0.168. The maximum absolute atomic E-state index is 13.0. The Kier molecular flexibility index (Phi) is 4.72. The van der Waals surface area contributed by atoms with E-state index in [-0.39, 0.29) is 5.56 Å². The molecule has 0 saturated carbocycles. The summed E-state index contributed by atoms with van der Waals surface area (Å²) in [5.74, 6) is 0.739. The van der Waals surface area contributed by atoms with Gasteiger partial charge < -0.3 is 10.1 Å². The minimum atomic E-state index is -0.168. The normalized spacial score (nSPS) is 14.4. The number of fused-ring (bicyclic) bond motifs is 1. The Balaban J connectivity index is 1.74. The van der Waals surface area contributed by atoms with E-state index < -0.39 is 0 Å². The van der Waals surface area contributed by atoms with Gasteiger partial charge in [0.05, 0.1) is 12.8 Å². The lowest BCUT2D eigenvalue weighted by Crippen LogP contribution is -2.21. The predicted molar refractivity (Wildman–Crippen MR) is 110 cm³/mol. The first-order chi connectivity index (χ1) is 13.1. The molecule has 138 valence electrons. The number of nitrogens with one attached hydrogen (secondary N) is 1. The van der Waals surface area contributed by atoms with Gasteiger partial charge in [0.25, 0.3) is 5.56 Å². The third kappa shape index (κ3) is 3.36. The minimum Gasteiger partial charge on any atom is -0.497 e. The van der Waals surface area contributed by atoms with Crippen molar-refractivity contribution in [2.75, 3.05) is 12.4 Å². The number of anilines is 2. The van der Waals surface area contributed by atoms with Gasteiger partial charge in [-0.15, -0.1) is 0 Å². The molecule has 0 spiro atoms. The summed E-state index contributed by atoms with van der Waals surface area (Å²) in [6.45, 7) is 1.95. The van der Waals surface area contributed by atoms with Gasteiger partial charge in [-0.05, 0) is 37.5 Å². The molecule has 0 aliphatic heterocycles. The number of allylic oxidation sites excluding steroid dienone is 4. The molecule has 0 unspecified atom stereocenters. The second-order valence-electron chi connectivity index (χ2n) is 6.13. The number of hydrogen-bond acceptors (Lipinski definition) is 6. The largest absolute Gasteiger partial charge is 0.497 e. The molecule has 2 heterocycles. The number of halogens is 1. The molecule has 4 rings (SSSR count). The average molecular weight is 401 g/mol. The molecule has 1 aliphatic carbocycles. The van der Waals surface area contributed by atoms with Crippen molar-refractivity contribution in [2.24, 2.45) is 0 Å². The zero-order valence-corrected chi connectivity index (χ0v) is 16.4. The highest BCUT2D eigenvalue weighted by Crippen LogP contribution is 2.31. The molecule has 1 aromatic carbocycles. The number of aromatic nitrogens is 3. The van der Waals surface area contributed by atoms with E-state index in [1.54, 1.807) is 7.11 Å². The van der Waals surface area contributed by atoms with Gasteiger partial charge >= 0.3 is 0 Å². The first kappa shape index (κ1) is 17.8. The standard InChI is InChI=1S/C19H17ClN4O2S/c1-11-5-3-8-14(20)15(11)24-10-21-17-16(18(24)25)27-19(23-17)22-12-6-4-7-13(9-12)26-2/h4-7,9-10H,3,8H2,1-2H3,(H,22,23). The van der Waals surface area contributed by atoms with Gasteiger partial charge in [0, 0.05) is 16.8 Å². The van der Waals surface area contributed by atoms with E-state index >= 15 is 0 Å². The Morgan fingerprint density at radius 2 is 2.22 bits per heavy atom. The summed E-state index contributed by atoms with van der Waals surface area (Å²) in [6.07, 6.45) is 5.19. The van der Waals surface area contributed by atoms with Crippen LogP contribution in [0.1, 0.15) is 19.8 Å². The zero-order chi connectivity index (χ0) is 19.0. The Bertz CT molecular complexity index is 1150. The maximum Gasteiger partial charge on any atom is 0.277 e. The molecule has 6 nitrogen and oxygen atoms in total. The Hall–Kier alpha value is -2.64. The first-order valence-electron chi connectivity index (χ1n) is 8.42. The smallest absolute Gasteiger partial charge is 0.277 e. The van der Waals surface area contributed by atoms with E-state index in [4.69, 9.17) is 16.3 Å². The van der Waals surface area contributed by atoms with E-state index in [1.807, 2.05) is 31.2 Å². The van der Waals surface area contributed by atoms with E-state index in [0.717, 1.165) is 35.5 Å². The average Bonchev–Trinajstić information content (AvgIpc) is 3.07. The van der Waals surface area contributed by atoms with E-state index in [2.05, 4.69) is 21.4 Å². The van der Waals surface area contributed by atoms with Crippen LogP contribution in [-0.4, -0.2) is 21.6 Å². The fourth-order valence-corrected chi connectivity index (χ4v) is 4.23. The van der Waals surface area contributed by atoms with Gasteiger partial charge in [0.2, 0.25) is 0 Å². The number of hydrogen-bond donors (Lipinski definition) is 1. The lowest BCUT2D eigenvalue weighted by Gasteiger charge is -2.17. The van der Waals surface area contributed by atoms with Crippen LogP contribution < -0.4 is 15.6 Å². The number of ether oxygens (including phenoxy) is 1. The van der Waals surface area contributed by atoms with Crippen LogP contribution in [0.4, 0.5) is 10.8 Å². The summed E-state index contributed by atoms with van der Waals surface area (Å²) in [6, 6.07) is 7.51. The molecule has 0 fully saturated rings. The van der Waals surface area contributed by atoms with Crippen molar-refractivity contribution in [2.45, 2.75) is 19.8 Å². The van der Waals surface area contributed by atoms with Crippen LogP contribution in [0.3, 0.4) is 0 Å².